The number of benzene rings is 2. The van der Waals surface area contributed by atoms with Crippen LogP contribution in [-0.2, 0) is 6.54 Å². The molecule has 0 radical (unpaired) electrons. The van der Waals surface area contributed by atoms with E-state index in [1.54, 1.807) is 60.7 Å². The van der Waals surface area contributed by atoms with Crippen LogP contribution in [-0.4, -0.2) is 28.6 Å². The van der Waals surface area contributed by atoms with Crippen molar-refractivity contribution in [3.63, 3.8) is 0 Å². The standard InChI is InChI=1S/C22H20N2O2/c1-16-9-11-18(12-10-16)21(25)19-7-3-4-8-20(19)22(26)24(2)15-17-6-5-13-23-14-17/h3-14H,15H2,1-2H3. The zero-order valence-corrected chi connectivity index (χ0v) is 14.8. The summed E-state index contributed by atoms with van der Waals surface area (Å²) in [6.45, 7) is 2.40. The van der Waals surface area contributed by atoms with Crippen LogP contribution < -0.4 is 0 Å². The van der Waals surface area contributed by atoms with Crippen LogP contribution in [0, 0.1) is 6.92 Å². The number of hydrogen-bond donors (Lipinski definition) is 0. The van der Waals surface area contributed by atoms with E-state index in [1.807, 2.05) is 31.2 Å². The highest BCUT2D eigenvalue weighted by Crippen LogP contribution is 2.18. The number of amides is 1. The van der Waals surface area contributed by atoms with Crippen molar-refractivity contribution >= 4 is 11.7 Å². The number of aryl methyl sites for hydroxylation is 1. The molecule has 1 aromatic heterocycles. The van der Waals surface area contributed by atoms with E-state index in [4.69, 9.17) is 0 Å². The quantitative estimate of drug-likeness (QED) is 0.660. The highest BCUT2D eigenvalue weighted by atomic mass is 16.2. The number of aromatic nitrogens is 1. The van der Waals surface area contributed by atoms with Gasteiger partial charge in [0.1, 0.15) is 0 Å². The zero-order valence-electron chi connectivity index (χ0n) is 14.8. The number of pyridine rings is 1. The van der Waals surface area contributed by atoms with Gasteiger partial charge in [0.15, 0.2) is 5.78 Å². The summed E-state index contributed by atoms with van der Waals surface area (Å²) in [5.41, 5.74) is 3.42. The van der Waals surface area contributed by atoms with Gasteiger partial charge in [-0.1, -0.05) is 54.1 Å². The molecule has 0 atom stereocenters. The molecule has 0 saturated carbocycles. The first-order valence-corrected chi connectivity index (χ1v) is 8.41. The third kappa shape index (κ3) is 3.86. The van der Waals surface area contributed by atoms with Crippen LogP contribution in [0.2, 0.25) is 0 Å². The van der Waals surface area contributed by atoms with Crippen LogP contribution in [0.5, 0.6) is 0 Å². The Kier molecular flexibility index (Phi) is 5.23. The molecule has 3 rings (SSSR count). The van der Waals surface area contributed by atoms with Crippen molar-refractivity contribution in [3.8, 4) is 0 Å². The van der Waals surface area contributed by atoms with Gasteiger partial charge in [0.2, 0.25) is 0 Å². The Balaban J connectivity index is 1.87. The second-order valence-corrected chi connectivity index (χ2v) is 6.26. The van der Waals surface area contributed by atoms with E-state index < -0.39 is 0 Å². The summed E-state index contributed by atoms with van der Waals surface area (Å²) in [6.07, 6.45) is 3.42. The molecule has 0 aliphatic heterocycles. The fourth-order valence-electron chi connectivity index (χ4n) is 2.77. The van der Waals surface area contributed by atoms with Gasteiger partial charge in [-0.15, -0.1) is 0 Å². The SMILES string of the molecule is Cc1ccc(C(=O)c2ccccc2C(=O)N(C)Cc2cccnc2)cc1. The third-order valence-electron chi connectivity index (χ3n) is 4.21. The third-order valence-corrected chi connectivity index (χ3v) is 4.21. The first-order valence-electron chi connectivity index (χ1n) is 8.41. The smallest absolute Gasteiger partial charge is 0.254 e. The minimum atomic E-state index is -0.190. The lowest BCUT2D eigenvalue weighted by molar-refractivity contribution is 0.0780. The van der Waals surface area contributed by atoms with Gasteiger partial charge in [-0.3, -0.25) is 14.6 Å². The summed E-state index contributed by atoms with van der Waals surface area (Å²) in [7, 11) is 1.72. The van der Waals surface area contributed by atoms with Gasteiger partial charge in [0.05, 0.1) is 5.56 Å². The van der Waals surface area contributed by atoms with Gasteiger partial charge in [-0.2, -0.15) is 0 Å². The van der Waals surface area contributed by atoms with E-state index in [2.05, 4.69) is 4.98 Å². The number of carbonyl (C=O) groups excluding carboxylic acids is 2. The summed E-state index contributed by atoms with van der Waals surface area (Å²) >= 11 is 0. The summed E-state index contributed by atoms with van der Waals surface area (Å²) in [4.78, 5) is 31.5. The molecule has 4 heteroatoms. The maximum Gasteiger partial charge on any atom is 0.254 e. The first kappa shape index (κ1) is 17.5. The maximum absolute atomic E-state index is 12.9. The van der Waals surface area contributed by atoms with Crippen molar-refractivity contribution < 1.29 is 9.59 Å². The van der Waals surface area contributed by atoms with Gasteiger partial charge >= 0.3 is 0 Å². The molecular weight excluding hydrogens is 324 g/mol. The first-order chi connectivity index (χ1) is 12.6. The second kappa shape index (κ2) is 7.74. The number of carbonyl (C=O) groups is 2. The Bertz CT molecular complexity index is 918. The minimum Gasteiger partial charge on any atom is -0.337 e. The fourth-order valence-corrected chi connectivity index (χ4v) is 2.77. The lowest BCUT2D eigenvalue weighted by atomic mass is 9.97. The highest BCUT2D eigenvalue weighted by molar-refractivity contribution is 6.15. The average Bonchev–Trinajstić information content (AvgIpc) is 2.68. The van der Waals surface area contributed by atoms with Crippen molar-refractivity contribution in [1.82, 2.24) is 9.88 Å². The predicted molar refractivity (Wildman–Crippen MR) is 101 cm³/mol. The molecule has 3 aromatic rings. The predicted octanol–water partition coefficient (Wildman–Crippen LogP) is 3.89. The molecule has 0 bridgehead atoms. The Morgan fingerprint density at radius 3 is 2.27 bits per heavy atom. The molecule has 1 amide bonds. The monoisotopic (exact) mass is 344 g/mol. The highest BCUT2D eigenvalue weighted by Gasteiger charge is 2.20. The van der Waals surface area contributed by atoms with E-state index in [-0.39, 0.29) is 11.7 Å². The molecule has 0 aliphatic rings. The molecule has 26 heavy (non-hydrogen) atoms. The van der Waals surface area contributed by atoms with Gasteiger partial charge in [-0.25, -0.2) is 0 Å². The second-order valence-electron chi connectivity index (χ2n) is 6.26. The molecule has 0 fully saturated rings. The van der Waals surface area contributed by atoms with Crippen LogP contribution in [0.25, 0.3) is 0 Å². The molecule has 0 aliphatic carbocycles. The molecule has 1 heterocycles. The Hall–Kier alpha value is -3.27. The van der Waals surface area contributed by atoms with E-state index >= 15 is 0 Å². The van der Waals surface area contributed by atoms with E-state index in [0.717, 1.165) is 11.1 Å². The lowest BCUT2D eigenvalue weighted by Crippen LogP contribution is -2.28. The summed E-state index contributed by atoms with van der Waals surface area (Å²) in [6, 6.07) is 18.1. The van der Waals surface area contributed by atoms with Gasteiger partial charge in [0.25, 0.3) is 5.91 Å². The lowest BCUT2D eigenvalue weighted by Gasteiger charge is -2.19. The zero-order chi connectivity index (χ0) is 18.5. The summed E-state index contributed by atoms with van der Waals surface area (Å²) in [5.74, 6) is -0.339. The largest absolute Gasteiger partial charge is 0.337 e. The van der Waals surface area contributed by atoms with Crippen molar-refractivity contribution in [2.45, 2.75) is 13.5 Å². The molecule has 0 unspecified atom stereocenters. The Morgan fingerprint density at radius 1 is 0.923 bits per heavy atom. The van der Waals surface area contributed by atoms with Crippen LogP contribution in [0.1, 0.15) is 37.4 Å². The van der Waals surface area contributed by atoms with Crippen molar-refractivity contribution in [3.05, 3.63) is 101 Å². The molecule has 4 nitrogen and oxygen atoms in total. The van der Waals surface area contributed by atoms with Gasteiger partial charge in [-0.05, 0) is 24.6 Å². The number of nitrogens with zero attached hydrogens (tertiary/aromatic N) is 2. The van der Waals surface area contributed by atoms with Crippen LogP contribution in [0.15, 0.2) is 73.1 Å². The fraction of sp³-hybridized carbons (Fsp3) is 0.136. The van der Waals surface area contributed by atoms with E-state index in [0.29, 0.717) is 23.2 Å². The molecule has 0 N–H and O–H groups in total. The average molecular weight is 344 g/mol. The normalized spacial score (nSPS) is 10.4. The van der Waals surface area contributed by atoms with E-state index in [9.17, 15) is 9.59 Å². The van der Waals surface area contributed by atoms with Crippen LogP contribution >= 0.6 is 0 Å². The summed E-state index contributed by atoms with van der Waals surface area (Å²) in [5, 5.41) is 0. The Labute approximate surface area is 153 Å². The molecule has 0 spiro atoms. The number of ketones is 1. The van der Waals surface area contributed by atoms with Gasteiger partial charge < -0.3 is 4.90 Å². The summed E-state index contributed by atoms with van der Waals surface area (Å²) < 4.78 is 0. The molecule has 0 saturated heterocycles. The van der Waals surface area contributed by atoms with E-state index in [1.165, 1.54) is 0 Å². The molecular formula is C22H20N2O2. The minimum absolute atomic E-state index is 0.149. The topological polar surface area (TPSA) is 50.3 Å². The van der Waals surface area contributed by atoms with Crippen molar-refractivity contribution in [2.75, 3.05) is 7.05 Å². The Morgan fingerprint density at radius 2 is 1.62 bits per heavy atom. The van der Waals surface area contributed by atoms with Crippen molar-refractivity contribution in [2.24, 2.45) is 0 Å². The van der Waals surface area contributed by atoms with Gasteiger partial charge in [0, 0.05) is 37.1 Å². The number of rotatable bonds is 5. The van der Waals surface area contributed by atoms with Crippen LogP contribution in [0.4, 0.5) is 0 Å². The molecule has 130 valence electrons. The molecule has 2 aromatic carbocycles. The number of hydrogen-bond acceptors (Lipinski definition) is 3. The maximum atomic E-state index is 12.9. The van der Waals surface area contributed by atoms with Crippen LogP contribution in [0.3, 0.4) is 0 Å². The van der Waals surface area contributed by atoms with Crippen molar-refractivity contribution in [1.29, 1.82) is 0 Å².